The summed E-state index contributed by atoms with van der Waals surface area (Å²) < 4.78 is 2.22. The molecule has 2 aromatic rings. The van der Waals surface area contributed by atoms with Gasteiger partial charge in [0, 0.05) is 19.9 Å². The fourth-order valence-corrected chi connectivity index (χ4v) is 2.09. The average Bonchev–Trinajstić information content (AvgIpc) is 2.30. The van der Waals surface area contributed by atoms with E-state index in [4.69, 9.17) is 5.73 Å². The Bertz CT molecular complexity index is 557. The summed E-state index contributed by atoms with van der Waals surface area (Å²) in [5.41, 5.74) is 8.62. The molecule has 0 radical (unpaired) electrons. The van der Waals surface area contributed by atoms with Crippen molar-refractivity contribution in [3.05, 3.63) is 44.1 Å². The lowest BCUT2D eigenvalue weighted by Crippen LogP contribution is -2.00. The molecule has 1 aromatic carbocycles. The van der Waals surface area contributed by atoms with E-state index in [0.717, 1.165) is 15.7 Å². The van der Waals surface area contributed by atoms with E-state index in [2.05, 4.69) is 48.8 Å². The van der Waals surface area contributed by atoms with E-state index in [9.17, 15) is 0 Å². The van der Waals surface area contributed by atoms with Crippen molar-refractivity contribution in [3.63, 3.8) is 0 Å². The van der Waals surface area contributed by atoms with Crippen molar-refractivity contribution < 1.29 is 0 Å². The van der Waals surface area contributed by atoms with Crippen LogP contribution < -0.4 is 11.1 Å². The number of pyridine rings is 1. The number of nitrogen functional groups attached to an aromatic ring is 1. The van der Waals surface area contributed by atoms with Crippen LogP contribution in [-0.2, 0) is 0 Å². The standard InChI is InChI=1S/C12H11BrIN3/c1-7-4-5-16-12(11(7)15)17-8-2-3-10(14)9(13)6-8/h2-6H,15H2,1H3,(H,16,17). The second kappa shape index (κ2) is 5.22. The lowest BCUT2D eigenvalue weighted by molar-refractivity contribution is 1.28. The molecule has 0 bridgehead atoms. The number of aromatic nitrogens is 1. The number of hydrogen-bond acceptors (Lipinski definition) is 3. The Hall–Kier alpha value is -0.820. The number of aryl methyl sites for hydroxylation is 1. The smallest absolute Gasteiger partial charge is 0.153 e. The Morgan fingerprint density at radius 1 is 1.35 bits per heavy atom. The zero-order chi connectivity index (χ0) is 12.4. The summed E-state index contributed by atoms with van der Waals surface area (Å²) >= 11 is 5.76. The Morgan fingerprint density at radius 3 is 2.82 bits per heavy atom. The van der Waals surface area contributed by atoms with E-state index in [1.807, 2.05) is 31.2 Å². The van der Waals surface area contributed by atoms with Crippen LogP contribution in [0.1, 0.15) is 5.56 Å². The zero-order valence-electron chi connectivity index (χ0n) is 9.17. The minimum absolute atomic E-state index is 0.683. The van der Waals surface area contributed by atoms with Crippen LogP contribution in [0, 0.1) is 10.5 Å². The molecule has 0 saturated carbocycles. The van der Waals surface area contributed by atoms with E-state index in [1.54, 1.807) is 6.20 Å². The van der Waals surface area contributed by atoms with Gasteiger partial charge in [-0.25, -0.2) is 4.98 Å². The molecule has 0 aliphatic rings. The van der Waals surface area contributed by atoms with Crippen molar-refractivity contribution in [3.8, 4) is 0 Å². The summed E-state index contributed by atoms with van der Waals surface area (Å²) in [7, 11) is 0. The summed E-state index contributed by atoms with van der Waals surface area (Å²) in [4.78, 5) is 4.23. The van der Waals surface area contributed by atoms with Crippen LogP contribution in [0.25, 0.3) is 0 Å². The maximum atomic E-state index is 5.96. The van der Waals surface area contributed by atoms with Crippen LogP contribution in [0.5, 0.6) is 0 Å². The molecule has 3 N–H and O–H groups in total. The van der Waals surface area contributed by atoms with E-state index >= 15 is 0 Å². The maximum absolute atomic E-state index is 5.96. The zero-order valence-corrected chi connectivity index (χ0v) is 12.9. The number of anilines is 3. The van der Waals surface area contributed by atoms with Crippen LogP contribution in [0.2, 0.25) is 0 Å². The number of hydrogen-bond donors (Lipinski definition) is 2. The van der Waals surface area contributed by atoms with Crippen molar-refractivity contribution in [1.82, 2.24) is 4.98 Å². The third-order valence-electron chi connectivity index (χ3n) is 2.39. The van der Waals surface area contributed by atoms with Crippen molar-refractivity contribution in [2.75, 3.05) is 11.1 Å². The van der Waals surface area contributed by atoms with Crippen molar-refractivity contribution in [2.45, 2.75) is 6.92 Å². The largest absolute Gasteiger partial charge is 0.396 e. The van der Waals surface area contributed by atoms with Crippen LogP contribution in [0.15, 0.2) is 34.9 Å². The Labute approximate surface area is 122 Å². The van der Waals surface area contributed by atoms with E-state index in [0.29, 0.717) is 11.5 Å². The predicted molar refractivity (Wildman–Crippen MR) is 83.5 cm³/mol. The van der Waals surface area contributed by atoms with Gasteiger partial charge in [-0.2, -0.15) is 0 Å². The minimum Gasteiger partial charge on any atom is -0.396 e. The number of rotatable bonds is 2. The highest BCUT2D eigenvalue weighted by atomic mass is 127. The number of nitrogens with two attached hydrogens (primary N) is 1. The summed E-state index contributed by atoms with van der Waals surface area (Å²) in [6.45, 7) is 1.96. The van der Waals surface area contributed by atoms with Crippen LogP contribution >= 0.6 is 38.5 Å². The molecule has 17 heavy (non-hydrogen) atoms. The lowest BCUT2D eigenvalue weighted by atomic mass is 10.2. The van der Waals surface area contributed by atoms with E-state index < -0.39 is 0 Å². The highest BCUT2D eigenvalue weighted by molar-refractivity contribution is 14.1. The second-order valence-corrected chi connectivity index (χ2v) is 5.66. The average molecular weight is 404 g/mol. The fourth-order valence-electron chi connectivity index (χ4n) is 1.38. The van der Waals surface area contributed by atoms with Crippen molar-refractivity contribution >= 4 is 55.7 Å². The third kappa shape index (κ3) is 2.90. The molecule has 88 valence electrons. The molecule has 0 atom stereocenters. The van der Waals surface area contributed by atoms with Gasteiger partial charge in [0.05, 0.1) is 5.69 Å². The van der Waals surface area contributed by atoms with Gasteiger partial charge in [-0.3, -0.25) is 0 Å². The molecule has 0 fully saturated rings. The highest BCUT2D eigenvalue weighted by Gasteiger charge is 2.04. The van der Waals surface area contributed by atoms with Gasteiger partial charge in [-0.15, -0.1) is 0 Å². The van der Waals surface area contributed by atoms with Gasteiger partial charge < -0.3 is 11.1 Å². The van der Waals surface area contributed by atoms with Gasteiger partial charge in [0.15, 0.2) is 5.82 Å². The van der Waals surface area contributed by atoms with Gasteiger partial charge >= 0.3 is 0 Å². The Morgan fingerprint density at radius 2 is 2.12 bits per heavy atom. The minimum atomic E-state index is 0.683. The molecule has 0 unspecified atom stereocenters. The molecule has 2 rings (SSSR count). The first kappa shape index (κ1) is 12.6. The topological polar surface area (TPSA) is 50.9 Å². The second-order valence-electron chi connectivity index (χ2n) is 3.64. The van der Waals surface area contributed by atoms with Gasteiger partial charge in [0.25, 0.3) is 0 Å². The molecular formula is C12H11BrIN3. The summed E-state index contributed by atoms with van der Waals surface area (Å²) in [5.74, 6) is 0.693. The highest BCUT2D eigenvalue weighted by Crippen LogP contribution is 2.27. The Balaban J connectivity index is 2.31. The first-order chi connectivity index (χ1) is 8.08. The van der Waals surface area contributed by atoms with Crippen LogP contribution in [-0.4, -0.2) is 4.98 Å². The molecule has 0 aliphatic carbocycles. The summed E-state index contributed by atoms with van der Waals surface area (Å²) in [5, 5.41) is 3.21. The third-order valence-corrected chi connectivity index (χ3v) is 4.73. The van der Waals surface area contributed by atoms with Gasteiger partial charge in [0.2, 0.25) is 0 Å². The molecule has 3 nitrogen and oxygen atoms in total. The number of benzene rings is 1. The van der Waals surface area contributed by atoms with Gasteiger partial charge in [-0.1, -0.05) is 0 Å². The van der Waals surface area contributed by atoms with Gasteiger partial charge in [-0.05, 0) is 75.3 Å². The van der Waals surface area contributed by atoms with Gasteiger partial charge in [0.1, 0.15) is 0 Å². The normalized spacial score (nSPS) is 10.3. The quantitative estimate of drug-likeness (QED) is 0.742. The fraction of sp³-hybridized carbons (Fsp3) is 0.0833. The molecule has 1 heterocycles. The molecule has 0 amide bonds. The molecule has 5 heteroatoms. The first-order valence-corrected chi connectivity index (χ1v) is 6.88. The molecule has 0 spiro atoms. The number of nitrogens with one attached hydrogen (secondary N) is 1. The summed E-state index contributed by atoms with van der Waals surface area (Å²) in [6.07, 6.45) is 1.75. The number of halogens is 2. The van der Waals surface area contributed by atoms with Crippen LogP contribution in [0.3, 0.4) is 0 Å². The summed E-state index contributed by atoms with van der Waals surface area (Å²) in [6, 6.07) is 7.92. The Kier molecular flexibility index (Phi) is 3.88. The predicted octanol–water partition coefficient (Wildman–Crippen LogP) is 4.08. The monoisotopic (exact) mass is 403 g/mol. The molecular weight excluding hydrogens is 393 g/mol. The maximum Gasteiger partial charge on any atom is 0.153 e. The van der Waals surface area contributed by atoms with E-state index in [-0.39, 0.29) is 0 Å². The van der Waals surface area contributed by atoms with Crippen LogP contribution in [0.4, 0.5) is 17.2 Å². The van der Waals surface area contributed by atoms with Crippen molar-refractivity contribution in [2.24, 2.45) is 0 Å². The number of nitrogens with zero attached hydrogens (tertiary/aromatic N) is 1. The van der Waals surface area contributed by atoms with Crippen molar-refractivity contribution in [1.29, 1.82) is 0 Å². The molecule has 0 aliphatic heterocycles. The molecule has 0 saturated heterocycles. The van der Waals surface area contributed by atoms with E-state index in [1.165, 1.54) is 3.57 Å². The lowest BCUT2D eigenvalue weighted by Gasteiger charge is -2.10. The molecule has 1 aromatic heterocycles. The SMILES string of the molecule is Cc1ccnc(Nc2ccc(I)c(Br)c2)c1N. The first-order valence-electron chi connectivity index (χ1n) is 5.01.